The molecule has 0 aliphatic rings. The van der Waals surface area contributed by atoms with Crippen molar-refractivity contribution in [1.82, 2.24) is 25.3 Å². The largest absolute Gasteiger partial charge is 0.493 e. The third-order valence-electron chi connectivity index (χ3n) is 5.30. The zero-order valence-electron chi connectivity index (χ0n) is 23.2. The third kappa shape index (κ3) is 8.67. The Morgan fingerprint density at radius 1 is 1.05 bits per heavy atom. The van der Waals surface area contributed by atoms with Crippen molar-refractivity contribution >= 4 is 52.1 Å². The predicted molar refractivity (Wildman–Crippen MR) is 149 cm³/mol. The first-order valence-electron chi connectivity index (χ1n) is 12.7. The number of fused-ring (bicyclic) bond motifs is 1. The summed E-state index contributed by atoms with van der Waals surface area (Å²) in [6.45, 7) is 8.85. The highest BCUT2D eigenvalue weighted by Gasteiger charge is 2.25. The van der Waals surface area contributed by atoms with E-state index in [4.69, 9.17) is 9.47 Å². The van der Waals surface area contributed by atoms with Crippen LogP contribution in [0.25, 0.3) is 11.0 Å². The van der Waals surface area contributed by atoms with Crippen LogP contribution in [0.3, 0.4) is 0 Å². The van der Waals surface area contributed by atoms with Gasteiger partial charge in [0.1, 0.15) is 10.9 Å². The number of aromatic nitrogens is 4. The minimum atomic E-state index is -1.04. The van der Waals surface area contributed by atoms with Gasteiger partial charge in [0.15, 0.2) is 10.7 Å². The molecule has 2 amide bonds. The van der Waals surface area contributed by atoms with Gasteiger partial charge in [-0.3, -0.25) is 19.7 Å². The third-order valence-corrected chi connectivity index (χ3v) is 6.21. The van der Waals surface area contributed by atoms with E-state index in [1.165, 1.54) is 18.5 Å². The summed E-state index contributed by atoms with van der Waals surface area (Å²) in [6.07, 6.45) is 2.71. The van der Waals surface area contributed by atoms with E-state index in [1.54, 1.807) is 34.6 Å². The molecule has 0 bridgehead atoms. The molecule has 14 heteroatoms. The summed E-state index contributed by atoms with van der Waals surface area (Å²) in [7, 11) is 0. The normalized spacial score (nSPS) is 11.6. The van der Waals surface area contributed by atoms with Crippen LogP contribution in [0, 0.1) is 17.3 Å². The Kier molecular flexibility index (Phi) is 10.3. The number of nitrogens with zero attached hydrogens (tertiary/aromatic N) is 4. The number of nitrogens with one attached hydrogen (secondary N) is 2. The van der Waals surface area contributed by atoms with E-state index in [0.29, 0.717) is 10.6 Å². The van der Waals surface area contributed by atoms with Crippen molar-refractivity contribution in [2.24, 2.45) is 5.41 Å². The van der Waals surface area contributed by atoms with Crippen LogP contribution in [0.5, 0.6) is 5.88 Å². The summed E-state index contributed by atoms with van der Waals surface area (Å²) in [6, 6.07) is 0.499. The molecular formula is C27H30N6O7S. The Morgan fingerprint density at radius 2 is 1.78 bits per heavy atom. The molecule has 0 spiro atoms. The van der Waals surface area contributed by atoms with E-state index in [2.05, 4.69) is 42.4 Å². The van der Waals surface area contributed by atoms with Crippen LogP contribution in [0.2, 0.25) is 0 Å². The van der Waals surface area contributed by atoms with Crippen LogP contribution in [0.1, 0.15) is 67.7 Å². The highest BCUT2D eigenvalue weighted by Crippen LogP contribution is 2.23. The van der Waals surface area contributed by atoms with Crippen molar-refractivity contribution in [3.05, 3.63) is 33.9 Å². The lowest BCUT2D eigenvalue weighted by Crippen LogP contribution is -2.42. The number of thiazole rings is 1. The lowest BCUT2D eigenvalue weighted by Gasteiger charge is -2.16. The van der Waals surface area contributed by atoms with Gasteiger partial charge in [-0.2, -0.15) is 9.97 Å². The number of hydrogen-bond donors (Lipinski definition) is 3. The van der Waals surface area contributed by atoms with Crippen molar-refractivity contribution in [3.8, 4) is 17.7 Å². The van der Waals surface area contributed by atoms with E-state index >= 15 is 0 Å². The molecule has 1 atom stereocenters. The maximum Gasteiger partial charge on any atom is 0.328 e. The number of pyridine rings is 1. The molecule has 216 valence electrons. The summed E-state index contributed by atoms with van der Waals surface area (Å²) in [5.74, 6) is 3.22. The van der Waals surface area contributed by atoms with Crippen LogP contribution in [0.15, 0.2) is 18.5 Å². The number of carbonyl (C=O) groups excluding carboxylic acids is 4. The monoisotopic (exact) mass is 582 g/mol. The van der Waals surface area contributed by atoms with Gasteiger partial charge in [-0.05, 0) is 32.3 Å². The fourth-order valence-corrected chi connectivity index (χ4v) is 3.86. The van der Waals surface area contributed by atoms with Crippen molar-refractivity contribution in [2.45, 2.75) is 53.5 Å². The predicted octanol–water partition coefficient (Wildman–Crippen LogP) is 2.58. The first-order chi connectivity index (χ1) is 19.4. The van der Waals surface area contributed by atoms with E-state index in [1.807, 2.05) is 0 Å². The summed E-state index contributed by atoms with van der Waals surface area (Å²) in [4.78, 5) is 65.6. The quantitative estimate of drug-likeness (QED) is 0.249. The zero-order chi connectivity index (χ0) is 30.2. The summed E-state index contributed by atoms with van der Waals surface area (Å²) in [5.41, 5.74) is -0.0887. The Bertz CT molecular complexity index is 1520. The van der Waals surface area contributed by atoms with E-state index in [9.17, 15) is 24.3 Å². The van der Waals surface area contributed by atoms with Crippen molar-refractivity contribution in [1.29, 1.82) is 0 Å². The number of aromatic hydroxyl groups is 1. The minimum absolute atomic E-state index is 0.0187. The van der Waals surface area contributed by atoms with Crippen LogP contribution >= 0.6 is 11.3 Å². The topological polar surface area (TPSA) is 183 Å². The number of anilines is 1. The molecule has 0 unspecified atom stereocenters. The average molecular weight is 583 g/mol. The van der Waals surface area contributed by atoms with Gasteiger partial charge in [0.05, 0.1) is 24.8 Å². The molecule has 3 rings (SSSR count). The first kappa shape index (κ1) is 30.9. The molecule has 13 nitrogen and oxygen atoms in total. The van der Waals surface area contributed by atoms with Gasteiger partial charge in [-0.15, -0.1) is 11.3 Å². The molecule has 3 aromatic rings. The standard InChI is InChI=1S/C27H30N6O7S/c1-6-39-20(34)11-9-17(24(37)40-7-2)30-23(36)18-14-28-19(41-18)10-8-15-12-16-21(29-13-15)31-26(32-22(16)35)33-25(38)27(3,4)5/h12-14,17H,6-7,9,11H2,1-5H3,(H,30,36)(H2,29,31,32,33,35,38)/t17-/m0/s1. The lowest BCUT2D eigenvalue weighted by atomic mass is 9.96. The number of hydrogen-bond acceptors (Lipinski definition) is 12. The molecule has 3 N–H and O–H groups in total. The van der Waals surface area contributed by atoms with Crippen LogP contribution in [0.4, 0.5) is 5.95 Å². The molecule has 3 heterocycles. The van der Waals surface area contributed by atoms with E-state index < -0.39 is 29.3 Å². The smallest absolute Gasteiger partial charge is 0.328 e. The van der Waals surface area contributed by atoms with Gasteiger partial charge >= 0.3 is 11.9 Å². The Morgan fingerprint density at radius 3 is 2.46 bits per heavy atom. The fraction of sp³-hybridized carbons (Fsp3) is 0.407. The average Bonchev–Trinajstić information content (AvgIpc) is 3.39. The molecule has 0 fully saturated rings. The molecule has 0 radical (unpaired) electrons. The number of rotatable bonds is 9. The summed E-state index contributed by atoms with van der Waals surface area (Å²) < 4.78 is 9.89. The van der Waals surface area contributed by atoms with Gasteiger partial charge in [-0.1, -0.05) is 26.7 Å². The Hall–Kier alpha value is -4.64. The molecular weight excluding hydrogens is 552 g/mol. The summed E-state index contributed by atoms with van der Waals surface area (Å²) in [5, 5.41) is 16.1. The second-order valence-electron chi connectivity index (χ2n) is 9.57. The molecule has 3 aromatic heterocycles. The van der Waals surface area contributed by atoms with Crippen molar-refractivity contribution in [3.63, 3.8) is 0 Å². The number of ether oxygens (including phenoxy) is 2. The molecule has 0 aliphatic carbocycles. The molecule has 41 heavy (non-hydrogen) atoms. The number of amides is 2. The Balaban J connectivity index is 1.72. The maximum absolute atomic E-state index is 12.8. The van der Waals surface area contributed by atoms with Gasteiger partial charge in [-0.25, -0.2) is 14.8 Å². The Labute approximate surface area is 240 Å². The van der Waals surface area contributed by atoms with Crippen molar-refractivity contribution in [2.75, 3.05) is 18.5 Å². The molecule has 0 aliphatic heterocycles. The van der Waals surface area contributed by atoms with E-state index in [-0.39, 0.29) is 59.7 Å². The second-order valence-corrected chi connectivity index (χ2v) is 10.6. The number of carbonyl (C=O) groups is 4. The molecule has 0 saturated carbocycles. The van der Waals surface area contributed by atoms with Crippen LogP contribution in [-0.2, 0) is 23.9 Å². The van der Waals surface area contributed by atoms with Crippen LogP contribution < -0.4 is 10.6 Å². The number of esters is 2. The SMILES string of the molecule is CCOC(=O)CC[C@H](NC(=O)c1cnc(C#Cc2cnc3nc(NC(=O)C(C)(C)C)nc(O)c3c2)s1)C(=O)OCC. The van der Waals surface area contributed by atoms with Crippen molar-refractivity contribution < 1.29 is 33.8 Å². The van der Waals surface area contributed by atoms with Gasteiger partial charge in [0, 0.05) is 23.6 Å². The molecule has 0 saturated heterocycles. The highest BCUT2D eigenvalue weighted by atomic mass is 32.1. The first-order valence-corrected chi connectivity index (χ1v) is 13.5. The van der Waals surface area contributed by atoms with Gasteiger partial charge in [0.2, 0.25) is 17.7 Å². The minimum Gasteiger partial charge on any atom is -0.493 e. The van der Waals surface area contributed by atoms with Gasteiger partial charge < -0.3 is 19.9 Å². The highest BCUT2D eigenvalue weighted by molar-refractivity contribution is 7.14. The van der Waals surface area contributed by atoms with Gasteiger partial charge in [0.25, 0.3) is 5.91 Å². The second kappa shape index (κ2) is 13.6. The van der Waals surface area contributed by atoms with E-state index in [0.717, 1.165) is 11.3 Å². The summed E-state index contributed by atoms with van der Waals surface area (Å²) >= 11 is 1.00. The maximum atomic E-state index is 12.8. The molecule has 0 aromatic carbocycles. The lowest BCUT2D eigenvalue weighted by molar-refractivity contribution is -0.146. The zero-order valence-corrected chi connectivity index (χ0v) is 24.0. The van der Waals surface area contributed by atoms with Crippen LogP contribution in [-0.4, -0.2) is 68.1 Å². The fourth-order valence-electron chi connectivity index (χ4n) is 3.19.